The number of nitrogens with two attached hydrogens (primary N) is 1. The highest BCUT2D eigenvalue weighted by molar-refractivity contribution is 5.43. The Hall–Kier alpha value is -1.63. The SMILES string of the molecule is CCC(CC)N(CCOC)c1nc(N)nc(N(C)C)n1. The highest BCUT2D eigenvalue weighted by Gasteiger charge is 2.20. The van der Waals surface area contributed by atoms with E-state index in [1.807, 2.05) is 19.0 Å². The average molecular weight is 282 g/mol. The van der Waals surface area contributed by atoms with Gasteiger partial charge in [-0.25, -0.2) is 0 Å². The first kappa shape index (κ1) is 16.4. The molecule has 2 N–H and O–H groups in total. The molecule has 0 aliphatic heterocycles. The third-order valence-corrected chi connectivity index (χ3v) is 3.21. The molecule has 0 bridgehead atoms. The van der Waals surface area contributed by atoms with Gasteiger partial charge in [0, 0.05) is 33.8 Å². The van der Waals surface area contributed by atoms with Crippen molar-refractivity contribution in [3.8, 4) is 0 Å². The Morgan fingerprint density at radius 1 is 1.10 bits per heavy atom. The van der Waals surface area contributed by atoms with Gasteiger partial charge in [0.15, 0.2) is 0 Å². The molecular formula is C13H26N6O. The summed E-state index contributed by atoms with van der Waals surface area (Å²) in [6.07, 6.45) is 2.03. The van der Waals surface area contributed by atoms with Crippen LogP contribution in [-0.4, -0.2) is 55.4 Å². The topological polar surface area (TPSA) is 80.4 Å². The van der Waals surface area contributed by atoms with Crippen molar-refractivity contribution in [2.45, 2.75) is 32.7 Å². The molecule has 0 fully saturated rings. The van der Waals surface area contributed by atoms with Gasteiger partial charge in [-0.15, -0.1) is 0 Å². The minimum absolute atomic E-state index is 0.243. The molecule has 0 aromatic carbocycles. The molecule has 0 aliphatic carbocycles. The largest absolute Gasteiger partial charge is 0.383 e. The minimum atomic E-state index is 0.243. The summed E-state index contributed by atoms with van der Waals surface area (Å²) >= 11 is 0. The number of nitrogen functional groups attached to an aromatic ring is 1. The summed E-state index contributed by atoms with van der Waals surface area (Å²) in [7, 11) is 5.46. The third kappa shape index (κ3) is 4.19. The molecule has 1 heterocycles. The molecule has 0 aliphatic rings. The van der Waals surface area contributed by atoms with E-state index < -0.39 is 0 Å². The van der Waals surface area contributed by atoms with Crippen molar-refractivity contribution in [3.05, 3.63) is 0 Å². The van der Waals surface area contributed by atoms with E-state index in [2.05, 4.69) is 33.7 Å². The summed E-state index contributed by atoms with van der Waals surface area (Å²) < 4.78 is 5.19. The maximum atomic E-state index is 5.80. The second kappa shape index (κ2) is 7.84. The first-order valence-corrected chi connectivity index (χ1v) is 6.97. The van der Waals surface area contributed by atoms with E-state index in [0.29, 0.717) is 24.5 Å². The molecule has 1 aromatic rings. The van der Waals surface area contributed by atoms with Crippen LogP contribution in [-0.2, 0) is 4.74 Å². The zero-order chi connectivity index (χ0) is 15.1. The summed E-state index contributed by atoms with van der Waals surface area (Å²) in [5.41, 5.74) is 5.80. The molecule has 7 heteroatoms. The number of hydrogen-bond donors (Lipinski definition) is 1. The Balaban J connectivity index is 3.11. The van der Waals surface area contributed by atoms with E-state index in [1.54, 1.807) is 7.11 Å². The lowest BCUT2D eigenvalue weighted by atomic mass is 10.1. The molecular weight excluding hydrogens is 256 g/mol. The zero-order valence-corrected chi connectivity index (χ0v) is 13.1. The normalized spacial score (nSPS) is 10.9. The number of anilines is 3. The van der Waals surface area contributed by atoms with Gasteiger partial charge in [0.2, 0.25) is 17.8 Å². The molecule has 1 aromatic heterocycles. The Morgan fingerprint density at radius 2 is 1.70 bits per heavy atom. The van der Waals surface area contributed by atoms with Crippen molar-refractivity contribution in [3.63, 3.8) is 0 Å². The first-order valence-electron chi connectivity index (χ1n) is 6.97. The number of rotatable bonds is 8. The van der Waals surface area contributed by atoms with Crippen molar-refractivity contribution in [1.82, 2.24) is 15.0 Å². The van der Waals surface area contributed by atoms with Gasteiger partial charge >= 0.3 is 0 Å². The fourth-order valence-corrected chi connectivity index (χ4v) is 2.06. The van der Waals surface area contributed by atoms with Crippen LogP contribution in [0.3, 0.4) is 0 Å². The van der Waals surface area contributed by atoms with Gasteiger partial charge in [-0.05, 0) is 12.8 Å². The Labute approximate surface area is 121 Å². The summed E-state index contributed by atoms with van der Waals surface area (Å²) in [5, 5.41) is 0. The quantitative estimate of drug-likeness (QED) is 0.766. The van der Waals surface area contributed by atoms with Crippen LogP contribution in [0.2, 0.25) is 0 Å². The van der Waals surface area contributed by atoms with Crippen molar-refractivity contribution >= 4 is 17.8 Å². The summed E-state index contributed by atoms with van der Waals surface area (Å²) in [4.78, 5) is 16.9. The van der Waals surface area contributed by atoms with Crippen LogP contribution in [0.5, 0.6) is 0 Å². The van der Waals surface area contributed by atoms with E-state index >= 15 is 0 Å². The van der Waals surface area contributed by atoms with Crippen LogP contribution >= 0.6 is 0 Å². The molecule has 0 amide bonds. The molecule has 0 unspecified atom stereocenters. The van der Waals surface area contributed by atoms with Crippen molar-refractivity contribution < 1.29 is 4.74 Å². The molecule has 7 nitrogen and oxygen atoms in total. The maximum absolute atomic E-state index is 5.80. The van der Waals surface area contributed by atoms with E-state index in [9.17, 15) is 0 Å². The van der Waals surface area contributed by atoms with Gasteiger partial charge in [-0.2, -0.15) is 15.0 Å². The predicted octanol–water partition coefficient (Wildman–Crippen LogP) is 1.16. The number of hydrogen-bond acceptors (Lipinski definition) is 7. The van der Waals surface area contributed by atoms with Gasteiger partial charge < -0.3 is 20.3 Å². The lowest BCUT2D eigenvalue weighted by Gasteiger charge is -2.30. The molecule has 114 valence electrons. The average Bonchev–Trinajstić information content (AvgIpc) is 2.42. The molecule has 0 saturated carbocycles. The van der Waals surface area contributed by atoms with Crippen molar-refractivity contribution in [1.29, 1.82) is 0 Å². The third-order valence-electron chi connectivity index (χ3n) is 3.21. The second-order valence-corrected chi connectivity index (χ2v) is 4.84. The lowest BCUT2D eigenvalue weighted by Crippen LogP contribution is -2.38. The first-order chi connectivity index (χ1) is 9.53. The lowest BCUT2D eigenvalue weighted by molar-refractivity contribution is 0.202. The molecule has 1 rings (SSSR count). The van der Waals surface area contributed by atoms with E-state index in [-0.39, 0.29) is 5.95 Å². The Morgan fingerprint density at radius 3 is 2.20 bits per heavy atom. The summed E-state index contributed by atoms with van der Waals surface area (Å²) in [6, 6.07) is 0.363. The highest BCUT2D eigenvalue weighted by atomic mass is 16.5. The van der Waals surface area contributed by atoms with Crippen LogP contribution < -0.4 is 15.5 Å². The van der Waals surface area contributed by atoms with E-state index in [4.69, 9.17) is 10.5 Å². The molecule has 0 spiro atoms. The maximum Gasteiger partial charge on any atom is 0.232 e. The number of aromatic nitrogens is 3. The van der Waals surface area contributed by atoms with Crippen LogP contribution in [0.4, 0.5) is 17.8 Å². The molecule has 20 heavy (non-hydrogen) atoms. The van der Waals surface area contributed by atoms with Crippen molar-refractivity contribution in [2.24, 2.45) is 0 Å². The van der Waals surface area contributed by atoms with Gasteiger partial charge in [0.1, 0.15) is 0 Å². The number of ether oxygens (including phenoxy) is 1. The van der Waals surface area contributed by atoms with E-state index in [1.165, 1.54) is 0 Å². The van der Waals surface area contributed by atoms with Crippen LogP contribution in [0, 0.1) is 0 Å². The van der Waals surface area contributed by atoms with Gasteiger partial charge in [0.05, 0.1) is 6.61 Å². The molecule has 0 saturated heterocycles. The van der Waals surface area contributed by atoms with Gasteiger partial charge in [-0.3, -0.25) is 0 Å². The molecule has 0 radical (unpaired) electrons. The summed E-state index contributed by atoms with van der Waals surface area (Å²) in [5.74, 6) is 1.43. The number of methoxy groups -OCH3 is 1. The molecule has 0 atom stereocenters. The van der Waals surface area contributed by atoms with Gasteiger partial charge in [0.25, 0.3) is 0 Å². The second-order valence-electron chi connectivity index (χ2n) is 4.84. The monoisotopic (exact) mass is 282 g/mol. The van der Waals surface area contributed by atoms with Crippen LogP contribution in [0.25, 0.3) is 0 Å². The van der Waals surface area contributed by atoms with Crippen LogP contribution in [0.1, 0.15) is 26.7 Å². The van der Waals surface area contributed by atoms with E-state index in [0.717, 1.165) is 19.4 Å². The zero-order valence-electron chi connectivity index (χ0n) is 13.1. The van der Waals surface area contributed by atoms with Gasteiger partial charge in [-0.1, -0.05) is 13.8 Å². The fourth-order valence-electron chi connectivity index (χ4n) is 2.06. The predicted molar refractivity (Wildman–Crippen MR) is 82.2 cm³/mol. The standard InChI is InChI=1S/C13H26N6O/c1-6-10(7-2)19(8-9-20-5)13-16-11(14)15-12(17-13)18(3)4/h10H,6-9H2,1-5H3,(H2,14,15,16,17). The number of nitrogens with zero attached hydrogens (tertiary/aromatic N) is 5. The minimum Gasteiger partial charge on any atom is -0.383 e. The highest BCUT2D eigenvalue weighted by Crippen LogP contribution is 2.19. The smallest absolute Gasteiger partial charge is 0.232 e. The Kier molecular flexibility index (Phi) is 6.44. The van der Waals surface area contributed by atoms with Crippen molar-refractivity contribution in [2.75, 3.05) is 49.9 Å². The van der Waals surface area contributed by atoms with Crippen LogP contribution in [0.15, 0.2) is 0 Å². The Bertz CT molecular complexity index is 408. The summed E-state index contributed by atoms with van der Waals surface area (Å²) in [6.45, 7) is 5.68. The fraction of sp³-hybridized carbons (Fsp3) is 0.769.